The first-order valence-electron chi connectivity index (χ1n) is 5.79. The van der Waals surface area contributed by atoms with Crippen LogP contribution in [-0.4, -0.2) is 6.54 Å². The summed E-state index contributed by atoms with van der Waals surface area (Å²) < 4.78 is 11.1. The molecular formula is C14H17NO2. The molecule has 2 aromatic rings. The lowest BCUT2D eigenvalue weighted by Crippen LogP contribution is -2.10. The Morgan fingerprint density at radius 3 is 2.59 bits per heavy atom. The zero-order valence-corrected chi connectivity index (χ0v) is 9.71. The van der Waals surface area contributed by atoms with E-state index in [1.807, 2.05) is 30.3 Å². The number of furan rings is 1. The van der Waals surface area contributed by atoms with E-state index in [2.05, 4.69) is 12.1 Å². The highest BCUT2D eigenvalue weighted by molar-refractivity contribution is 5.17. The van der Waals surface area contributed by atoms with Crippen LogP contribution in [0.3, 0.4) is 0 Å². The summed E-state index contributed by atoms with van der Waals surface area (Å²) in [6.07, 6.45) is 2.50. The standard InChI is InChI=1S/C14H17NO2/c15-9-8-14(12-5-2-1-3-6-12)17-11-13-7-4-10-16-13/h1-7,10,14H,8-9,11,15H2. The largest absolute Gasteiger partial charge is 0.467 e. The Labute approximate surface area is 101 Å². The third-order valence-corrected chi connectivity index (χ3v) is 2.61. The van der Waals surface area contributed by atoms with E-state index >= 15 is 0 Å². The van der Waals surface area contributed by atoms with Gasteiger partial charge in [0.15, 0.2) is 0 Å². The number of nitrogens with two attached hydrogens (primary N) is 1. The second kappa shape index (κ2) is 6.23. The van der Waals surface area contributed by atoms with E-state index in [0.717, 1.165) is 17.7 Å². The van der Waals surface area contributed by atoms with Gasteiger partial charge < -0.3 is 14.9 Å². The van der Waals surface area contributed by atoms with E-state index < -0.39 is 0 Å². The third kappa shape index (κ3) is 3.44. The topological polar surface area (TPSA) is 48.4 Å². The monoisotopic (exact) mass is 231 g/mol. The van der Waals surface area contributed by atoms with Gasteiger partial charge in [-0.2, -0.15) is 0 Å². The lowest BCUT2D eigenvalue weighted by molar-refractivity contribution is 0.0260. The molecule has 0 aliphatic carbocycles. The number of hydrogen-bond acceptors (Lipinski definition) is 3. The Hall–Kier alpha value is -1.58. The number of benzene rings is 1. The Kier molecular flexibility index (Phi) is 4.36. The zero-order chi connectivity index (χ0) is 11.9. The van der Waals surface area contributed by atoms with Gasteiger partial charge in [-0.1, -0.05) is 30.3 Å². The second-order valence-corrected chi connectivity index (χ2v) is 3.87. The predicted octanol–water partition coefficient (Wildman–Crippen LogP) is 2.89. The highest BCUT2D eigenvalue weighted by Gasteiger charge is 2.11. The summed E-state index contributed by atoms with van der Waals surface area (Å²) in [7, 11) is 0. The first kappa shape index (κ1) is 11.9. The van der Waals surface area contributed by atoms with Crippen molar-refractivity contribution >= 4 is 0 Å². The third-order valence-electron chi connectivity index (χ3n) is 2.61. The Morgan fingerprint density at radius 2 is 1.94 bits per heavy atom. The molecule has 3 nitrogen and oxygen atoms in total. The van der Waals surface area contributed by atoms with Crippen LogP contribution in [0.4, 0.5) is 0 Å². The van der Waals surface area contributed by atoms with Gasteiger partial charge in [0.05, 0.1) is 12.4 Å². The summed E-state index contributed by atoms with van der Waals surface area (Å²) in [4.78, 5) is 0. The Balaban J connectivity index is 1.98. The van der Waals surface area contributed by atoms with Crippen molar-refractivity contribution in [2.24, 2.45) is 5.73 Å². The average Bonchev–Trinajstić information content (AvgIpc) is 2.88. The molecule has 0 bridgehead atoms. The van der Waals surface area contributed by atoms with Gasteiger partial charge in [0.2, 0.25) is 0 Å². The molecule has 1 aromatic heterocycles. The molecule has 1 heterocycles. The maximum Gasteiger partial charge on any atom is 0.129 e. The highest BCUT2D eigenvalue weighted by atomic mass is 16.5. The molecular weight excluding hydrogens is 214 g/mol. The van der Waals surface area contributed by atoms with Gasteiger partial charge in [0, 0.05) is 0 Å². The minimum Gasteiger partial charge on any atom is -0.467 e. The molecule has 90 valence electrons. The minimum atomic E-state index is 0.0336. The lowest BCUT2D eigenvalue weighted by Gasteiger charge is -2.16. The summed E-state index contributed by atoms with van der Waals surface area (Å²) >= 11 is 0. The summed E-state index contributed by atoms with van der Waals surface area (Å²) in [5.74, 6) is 0.836. The van der Waals surface area contributed by atoms with Crippen molar-refractivity contribution < 1.29 is 9.15 Å². The van der Waals surface area contributed by atoms with Crippen LogP contribution in [0.5, 0.6) is 0 Å². The van der Waals surface area contributed by atoms with Crippen molar-refractivity contribution in [2.75, 3.05) is 6.54 Å². The van der Waals surface area contributed by atoms with Gasteiger partial charge in [-0.15, -0.1) is 0 Å². The van der Waals surface area contributed by atoms with Gasteiger partial charge in [-0.05, 0) is 30.7 Å². The molecule has 0 spiro atoms. The molecule has 0 aliphatic heterocycles. The van der Waals surface area contributed by atoms with Crippen LogP contribution in [0, 0.1) is 0 Å². The van der Waals surface area contributed by atoms with Crippen LogP contribution in [-0.2, 0) is 11.3 Å². The molecule has 0 radical (unpaired) electrons. The van der Waals surface area contributed by atoms with Crippen LogP contribution in [0.25, 0.3) is 0 Å². The van der Waals surface area contributed by atoms with Crippen molar-refractivity contribution in [3.05, 3.63) is 60.1 Å². The summed E-state index contributed by atoms with van der Waals surface area (Å²) in [5.41, 5.74) is 6.77. The summed E-state index contributed by atoms with van der Waals surface area (Å²) in [6.45, 7) is 1.09. The first-order chi connectivity index (χ1) is 8.40. The highest BCUT2D eigenvalue weighted by Crippen LogP contribution is 2.22. The lowest BCUT2D eigenvalue weighted by atomic mass is 10.1. The van der Waals surface area contributed by atoms with E-state index in [-0.39, 0.29) is 6.10 Å². The molecule has 1 aromatic carbocycles. The molecule has 0 amide bonds. The van der Waals surface area contributed by atoms with E-state index in [4.69, 9.17) is 14.9 Å². The Bertz CT molecular complexity index is 411. The van der Waals surface area contributed by atoms with Crippen LogP contribution in [0.15, 0.2) is 53.1 Å². The molecule has 17 heavy (non-hydrogen) atoms. The maximum absolute atomic E-state index is 5.84. The van der Waals surface area contributed by atoms with E-state index in [1.165, 1.54) is 0 Å². The molecule has 1 atom stereocenters. The van der Waals surface area contributed by atoms with E-state index in [0.29, 0.717) is 13.2 Å². The van der Waals surface area contributed by atoms with Crippen LogP contribution < -0.4 is 5.73 Å². The molecule has 0 fully saturated rings. The van der Waals surface area contributed by atoms with Crippen molar-refractivity contribution in [3.8, 4) is 0 Å². The van der Waals surface area contributed by atoms with Crippen LogP contribution >= 0.6 is 0 Å². The Morgan fingerprint density at radius 1 is 1.12 bits per heavy atom. The fraction of sp³-hybridized carbons (Fsp3) is 0.286. The SMILES string of the molecule is NCCC(OCc1ccco1)c1ccccc1. The van der Waals surface area contributed by atoms with Gasteiger partial charge in [-0.3, -0.25) is 0 Å². The molecule has 0 saturated heterocycles. The first-order valence-corrected chi connectivity index (χ1v) is 5.79. The average molecular weight is 231 g/mol. The molecule has 3 heteroatoms. The van der Waals surface area contributed by atoms with Gasteiger partial charge in [-0.25, -0.2) is 0 Å². The van der Waals surface area contributed by atoms with E-state index in [9.17, 15) is 0 Å². The fourth-order valence-corrected chi connectivity index (χ4v) is 1.74. The summed E-state index contributed by atoms with van der Waals surface area (Å²) in [5, 5.41) is 0. The van der Waals surface area contributed by atoms with Crippen molar-refractivity contribution in [1.82, 2.24) is 0 Å². The van der Waals surface area contributed by atoms with Crippen LogP contribution in [0.1, 0.15) is 23.8 Å². The molecule has 1 unspecified atom stereocenters. The number of ether oxygens (including phenoxy) is 1. The number of hydrogen-bond donors (Lipinski definition) is 1. The smallest absolute Gasteiger partial charge is 0.129 e. The van der Waals surface area contributed by atoms with Gasteiger partial charge in [0.1, 0.15) is 12.4 Å². The minimum absolute atomic E-state index is 0.0336. The quantitative estimate of drug-likeness (QED) is 0.831. The normalized spacial score (nSPS) is 12.5. The van der Waals surface area contributed by atoms with Crippen LogP contribution in [0.2, 0.25) is 0 Å². The second-order valence-electron chi connectivity index (χ2n) is 3.87. The zero-order valence-electron chi connectivity index (χ0n) is 9.71. The summed E-state index contributed by atoms with van der Waals surface area (Å²) in [6, 6.07) is 13.9. The van der Waals surface area contributed by atoms with E-state index in [1.54, 1.807) is 6.26 Å². The van der Waals surface area contributed by atoms with Crippen molar-refractivity contribution in [3.63, 3.8) is 0 Å². The molecule has 2 N–H and O–H groups in total. The van der Waals surface area contributed by atoms with Gasteiger partial charge in [0.25, 0.3) is 0 Å². The van der Waals surface area contributed by atoms with Crippen molar-refractivity contribution in [1.29, 1.82) is 0 Å². The maximum atomic E-state index is 5.84. The molecule has 2 rings (SSSR count). The predicted molar refractivity (Wildman–Crippen MR) is 66.4 cm³/mol. The number of rotatable bonds is 6. The fourth-order valence-electron chi connectivity index (χ4n) is 1.74. The molecule has 0 aliphatic rings. The van der Waals surface area contributed by atoms with Gasteiger partial charge >= 0.3 is 0 Å². The molecule has 0 saturated carbocycles. The van der Waals surface area contributed by atoms with Crippen molar-refractivity contribution in [2.45, 2.75) is 19.1 Å².